The zero-order valence-corrected chi connectivity index (χ0v) is 17.9. The van der Waals surface area contributed by atoms with Gasteiger partial charge in [-0.3, -0.25) is 4.79 Å². The second kappa shape index (κ2) is 8.61. The molecule has 0 aliphatic carbocycles. The summed E-state index contributed by atoms with van der Waals surface area (Å²) in [6.07, 6.45) is 2.41. The van der Waals surface area contributed by atoms with Gasteiger partial charge in [-0.1, -0.05) is 12.1 Å². The van der Waals surface area contributed by atoms with E-state index in [1.807, 2.05) is 31.2 Å². The summed E-state index contributed by atoms with van der Waals surface area (Å²) in [5.74, 6) is 0.796. The normalized spacial score (nSPS) is 13.4. The quantitative estimate of drug-likeness (QED) is 0.564. The molecule has 4 rings (SSSR count). The Balaban J connectivity index is 1.67. The van der Waals surface area contributed by atoms with Crippen molar-refractivity contribution in [2.45, 2.75) is 19.9 Å². The van der Waals surface area contributed by atoms with Gasteiger partial charge in [0, 0.05) is 25.0 Å². The van der Waals surface area contributed by atoms with Crippen LogP contribution in [0.1, 0.15) is 27.0 Å². The molecule has 0 atom stereocenters. The molecule has 3 aromatic rings. The van der Waals surface area contributed by atoms with Crippen LogP contribution in [0.25, 0.3) is 0 Å². The van der Waals surface area contributed by atoms with Gasteiger partial charge in [0.05, 0.1) is 12.8 Å². The van der Waals surface area contributed by atoms with E-state index in [1.165, 1.54) is 17.3 Å². The van der Waals surface area contributed by atoms with Crippen LogP contribution in [0.4, 0.5) is 23.1 Å². The lowest BCUT2D eigenvalue weighted by Gasteiger charge is -2.26. The van der Waals surface area contributed by atoms with E-state index in [9.17, 15) is 4.79 Å². The maximum atomic E-state index is 11.9. The number of fused-ring (bicyclic) bond motifs is 1. The van der Waals surface area contributed by atoms with Crippen LogP contribution in [0.3, 0.4) is 0 Å². The van der Waals surface area contributed by atoms with Crippen molar-refractivity contribution < 1.29 is 9.53 Å². The first kappa shape index (κ1) is 20.6. The minimum Gasteiger partial charge on any atom is -0.495 e. The molecule has 160 valence electrons. The van der Waals surface area contributed by atoms with Gasteiger partial charge in [0.1, 0.15) is 17.1 Å². The van der Waals surface area contributed by atoms with E-state index in [0.717, 1.165) is 42.2 Å². The fraction of sp³-hybridized carbons (Fsp3) is 0.261. The average Bonchev–Trinajstić information content (AvgIpc) is 2.73. The Bertz CT molecular complexity index is 1130. The lowest BCUT2D eigenvalue weighted by molar-refractivity contribution is 0.100. The van der Waals surface area contributed by atoms with Crippen LogP contribution in [-0.4, -0.2) is 41.5 Å². The number of nitrogens with one attached hydrogen (secondary N) is 2. The second-order valence-electron chi connectivity index (χ2n) is 7.75. The number of hydrogen-bond acceptors (Lipinski definition) is 7. The molecule has 0 fully saturated rings. The van der Waals surface area contributed by atoms with Gasteiger partial charge in [-0.15, -0.1) is 0 Å². The minimum absolute atomic E-state index is 0.214. The Labute approximate surface area is 181 Å². The Morgan fingerprint density at radius 2 is 2.03 bits per heavy atom. The van der Waals surface area contributed by atoms with Crippen molar-refractivity contribution in [2.24, 2.45) is 5.73 Å². The van der Waals surface area contributed by atoms with Crippen LogP contribution < -0.4 is 21.1 Å². The molecule has 0 saturated carbocycles. The molecule has 8 nitrogen and oxygen atoms in total. The van der Waals surface area contributed by atoms with E-state index in [-0.39, 0.29) is 5.56 Å². The summed E-state index contributed by atoms with van der Waals surface area (Å²) in [5, 5.41) is 6.41. The summed E-state index contributed by atoms with van der Waals surface area (Å²) in [6.45, 7) is 3.89. The molecule has 0 bridgehead atoms. The van der Waals surface area contributed by atoms with Crippen molar-refractivity contribution in [1.29, 1.82) is 0 Å². The first-order valence-electron chi connectivity index (χ1n) is 10.1. The number of carbonyl (C=O) groups excluding carboxylic acids is 1. The number of anilines is 4. The molecule has 31 heavy (non-hydrogen) atoms. The van der Waals surface area contributed by atoms with Gasteiger partial charge in [0.25, 0.3) is 5.91 Å². The first-order chi connectivity index (χ1) is 14.9. The number of primary amides is 1. The Kier molecular flexibility index (Phi) is 5.73. The standard InChI is InChI=1S/C23H26N6O2/c1-14-5-4-6-17(9-14)26-22-18(21(24)30)12-25-23(28-22)27-19-10-16-13-29(2)8-7-15(16)11-20(19)31-3/h4-6,9-12H,7-8,13H2,1-3H3,(H2,24,30)(H2,25,26,27,28). The number of ether oxygens (including phenoxy) is 1. The molecule has 0 saturated heterocycles. The summed E-state index contributed by atoms with van der Waals surface area (Å²) >= 11 is 0. The molecule has 2 aromatic carbocycles. The maximum absolute atomic E-state index is 11.9. The summed E-state index contributed by atoms with van der Waals surface area (Å²) in [4.78, 5) is 23.0. The number of hydrogen-bond donors (Lipinski definition) is 3. The monoisotopic (exact) mass is 418 g/mol. The van der Waals surface area contributed by atoms with Crippen LogP contribution in [0.15, 0.2) is 42.6 Å². The maximum Gasteiger partial charge on any atom is 0.254 e. The Morgan fingerprint density at radius 1 is 1.19 bits per heavy atom. The summed E-state index contributed by atoms with van der Waals surface area (Å²) < 4.78 is 5.59. The number of rotatable bonds is 6. The van der Waals surface area contributed by atoms with Gasteiger partial charge in [0.15, 0.2) is 0 Å². The van der Waals surface area contributed by atoms with Crippen molar-refractivity contribution in [1.82, 2.24) is 14.9 Å². The average molecular weight is 419 g/mol. The molecule has 8 heteroatoms. The van der Waals surface area contributed by atoms with Gasteiger partial charge >= 0.3 is 0 Å². The van der Waals surface area contributed by atoms with E-state index in [1.54, 1.807) is 7.11 Å². The lowest BCUT2D eigenvalue weighted by Crippen LogP contribution is -2.26. The van der Waals surface area contributed by atoms with E-state index in [4.69, 9.17) is 10.5 Å². The lowest BCUT2D eigenvalue weighted by atomic mass is 9.99. The molecule has 2 heterocycles. The highest BCUT2D eigenvalue weighted by molar-refractivity contribution is 5.98. The van der Waals surface area contributed by atoms with Crippen LogP contribution in [0, 0.1) is 6.92 Å². The smallest absolute Gasteiger partial charge is 0.254 e. The molecule has 4 N–H and O–H groups in total. The third-order valence-electron chi connectivity index (χ3n) is 5.31. The summed E-state index contributed by atoms with van der Waals surface area (Å²) in [5.41, 5.74) is 10.9. The van der Waals surface area contributed by atoms with Crippen LogP contribution in [0.2, 0.25) is 0 Å². The zero-order valence-electron chi connectivity index (χ0n) is 17.9. The number of nitrogens with two attached hydrogens (primary N) is 1. The molecule has 1 amide bonds. The van der Waals surface area contributed by atoms with Crippen molar-refractivity contribution in [3.05, 3.63) is 64.8 Å². The van der Waals surface area contributed by atoms with Crippen LogP contribution in [0.5, 0.6) is 5.75 Å². The first-order valence-corrected chi connectivity index (χ1v) is 10.1. The molecule has 1 aromatic heterocycles. The minimum atomic E-state index is -0.601. The second-order valence-corrected chi connectivity index (χ2v) is 7.75. The van der Waals surface area contributed by atoms with Gasteiger partial charge in [-0.05, 0) is 61.3 Å². The van der Waals surface area contributed by atoms with E-state index < -0.39 is 5.91 Å². The predicted octanol–water partition coefficient (Wildman–Crippen LogP) is 3.37. The highest BCUT2D eigenvalue weighted by Crippen LogP contribution is 2.33. The number of aryl methyl sites for hydroxylation is 1. The highest BCUT2D eigenvalue weighted by atomic mass is 16.5. The van der Waals surface area contributed by atoms with Crippen LogP contribution >= 0.6 is 0 Å². The third kappa shape index (κ3) is 4.59. The number of methoxy groups -OCH3 is 1. The molecule has 1 aliphatic heterocycles. The van der Waals surface area contributed by atoms with Gasteiger partial charge in [-0.25, -0.2) is 4.98 Å². The topological polar surface area (TPSA) is 105 Å². The number of amides is 1. The fourth-order valence-corrected chi connectivity index (χ4v) is 3.69. The summed E-state index contributed by atoms with van der Waals surface area (Å²) in [6, 6.07) is 11.9. The van der Waals surface area contributed by atoms with Crippen molar-refractivity contribution in [2.75, 3.05) is 31.3 Å². The molecular weight excluding hydrogens is 392 g/mol. The van der Waals surface area contributed by atoms with Crippen molar-refractivity contribution in [3.63, 3.8) is 0 Å². The number of likely N-dealkylation sites (N-methyl/N-ethyl adjacent to an activating group) is 1. The van der Waals surface area contributed by atoms with E-state index in [0.29, 0.717) is 11.8 Å². The largest absolute Gasteiger partial charge is 0.495 e. The Hall–Kier alpha value is -3.65. The van der Waals surface area contributed by atoms with E-state index >= 15 is 0 Å². The molecule has 0 unspecified atom stereocenters. The number of nitrogens with zero attached hydrogens (tertiary/aromatic N) is 3. The number of benzene rings is 2. The predicted molar refractivity (Wildman–Crippen MR) is 121 cm³/mol. The van der Waals surface area contributed by atoms with Gasteiger partial charge in [-0.2, -0.15) is 4.98 Å². The highest BCUT2D eigenvalue weighted by Gasteiger charge is 2.18. The fourth-order valence-electron chi connectivity index (χ4n) is 3.69. The molecule has 0 spiro atoms. The molecule has 0 radical (unpaired) electrons. The molecule has 1 aliphatic rings. The van der Waals surface area contributed by atoms with Gasteiger partial charge < -0.3 is 26.0 Å². The SMILES string of the molecule is COc1cc2c(cc1Nc1ncc(C(N)=O)c(Nc3cccc(C)c3)n1)CN(C)CC2. The number of aromatic nitrogens is 2. The molecular formula is C23H26N6O2. The third-order valence-corrected chi connectivity index (χ3v) is 5.31. The van der Waals surface area contributed by atoms with Crippen molar-refractivity contribution >= 4 is 29.0 Å². The van der Waals surface area contributed by atoms with Crippen molar-refractivity contribution in [3.8, 4) is 5.75 Å². The van der Waals surface area contributed by atoms with Crippen LogP contribution in [-0.2, 0) is 13.0 Å². The number of carbonyl (C=O) groups is 1. The van der Waals surface area contributed by atoms with E-state index in [2.05, 4.69) is 44.7 Å². The Morgan fingerprint density at radius 3 is 2.77 bits per heavy atom. The summed E-state index contributed by atoms with van der Waals surface area (Å²) in [7, 11) is 3.75. The van der Waals surface area contributed by atoms with Gasteiger partial charge in [0.2, 0.25) is 5.95 Å². The zero-order chi connectivity index (χ0) is 22.0.